The number of benzene rings is 1. The van der Waals surface area contributed by atoms with Crippen molar-refractivity contribution >= 4 is 20.9 Å². The van der Waals surface area contributed by atoms with Crippen LogP contribution >= 0.6 is 0 Å². The molecule has 0 radical (unpaired) electrons. The molecule has 4 nitrogen and oxygen atoms in total. The average Bonchev–Trinajstić information content (AvgIpc) is 3.30. The van der Waals surface area contributed by atoms with Crippen LogP contribution in [0.15, 0.2) is 35.4 Å². The van der Waals surface area contributed by atoms with E-state index in [0.717, 1.165) is 30.2 Å². The van der Waals surface area contributed by atoms with Gasteiger partial charge >= 0.3 is 0 Å². The van der Waals surface area contributed by atoms with Crippen LogP contribution in [0, 0.1) is 12.8 Å². The van der Waals surface area contributed by atoms with Crippen LogP contribution < -0.4 is 0 Å². The van der Waals surface area contributed by atoms with Crippen LogP contribution in [0.25, 0.3) is 10.9 Å². The Hall–Kier alpha value is -1.46. The van der Waals surface area contributed by atoms with E-state index in [1.807, 2.05) is 26.0 Å². The highest BCUT2D eigenvalue weighted by atomic mass is 32.2. The molecule has 0 amide bonds. The molecule has 0 spiro atoms. The van der Waals surface area contributed by atoms with E-state index in [2.05, 4.69) is 4.98 Å². The Bertz CT molecular complexity index is 782. The Balaban J connectivity index is 2.06. The third-order valence-corrected chi connectivity index (χ3v) is 5.96. The van der Waals surface area contributed by atoms with Gasteiger partial charge in [-0.15, -0.1) is 0 Å². The first-order chi connectivity index (χ1) is 10.5. The summed E-state index contributed by atoms with van der Waals surface area (Å²) in [5.41, 5.74) is 1.61. The van der Waals surface area contributed by atoms with E-state index < -0.39 is 10.0 Å². The van der Waals surface area contributed by atoms with Gasteiger partial charge in [0, 0.05) is 24.7 Å². The molecule has 22 heavy (non-hydrogen) atoms. The van der Waals surface area contributed by atoms with E-state index in [-0.39, 0.29) is 0 Å². The highest BCUT2D eigenvalue weighted by molar-refractivity contribution is 7.89. The maximum absolute atomic E-state index is 13.1. The van der Waals surface area contributed by atoms with E-state index in [1.54, 1.807) is 22.6 Å². The SMILES string of the molecule is CCCN(CC1CC1)S(=O)(=O)c1cccc2cc(C)cnc12. The largest absolute Gasteiger partial charge is 0.255 e. The number of rotatable bonds is 6. The van der Waals surface area contributed by atoms with Crippen molar-refractivity contribution in [2.45, 2.75) is 38.0 Å². The van der Waals surface area contributed by atoms with Gasteiger partial charge in [0.05, 0.1) is 5.52 Å². The second kappa shape index (κ2) is 5.97. The number of aromatic nitrogens is 1. The van der Waals surface area contributed by atoms with Crippen LogP contribution in [0.4, 0.5) is 0 Å². The Kier molecular flexibility index (Phi) is 4.19. The topological polar surface area (TPSA) is 50.3 Å². The lowest BCUT2D eigenvalue weighted by Gasteiger charge is -2.22. The van der Waals surface area contributed by atoms with Crippen molar-refractivity contribution in [3.8, 4) is 0 Å². The van der Waals surface area contributed by atoms with Gasteiger partial charge < -0.3 is 0 Å². The van der Waals surface area contributed by atoms with Gasteiger partial charge in [-0.3, -0.25) is 4.98 Å². The Morgan fingerprint density at radius 2 is 2.09 bits per heavy atom. The summed E-state index contributed by atoms with van der Waals surface area (Å²) in [7, 11) is -3.49. The molecule has 1 heterocycles. The number of sulfonamides is 1. The van der Waals surface area contributed by atoms with Crippen molar-refractivity contribution in [2.75, 3.05) is 13.1 Å². The summed E-state index contributed by atoms with van der Waals surface area (Å²) in [6, 6.07) is 7.37. The lowest BCUT2D eigenvalue weighted by atomic mass is 10.2. The predicted octanol–water partition coefficient (Wildman–Crippen LogP) is 3.35. The molecule has 0 aliphatic heterocycles. The summed E-state index contributed by atoms with van der Waals surface area (Å²) in [6.45, 7) is 5.18. The first kappa shape index (κ1) is 15.4. The summed E-state index contributed by atoms with van der Waals surface area (Å²) < 4.78 is 27.8. The summed E-state index contributed by atoms with van der Waals surface area (Å²) in [4.78, 5) is 4.71. The molecular formula is C17H22N2O2S. The summed E-state index contributed by atoms with van der Waals surface area (Å²) in [5.74, 6) is 0.534. The molecule has 5 heteroatoms. The number of aryl methyl sites for hydroxylation is 1. The number of fused-ring (bicyclic) bond motifs is 1. The predicted molar refractivity (Wildman–Crippen MR) is 88.3 cm³/mol. The highest BCUT2D eigenvalue weighted by Gasteiger charge is 2.32. The third kappa shape index (κ3) is 3.01. The number of pyridine rings is 1. The standard InChI is InChI=1S/C17H22N2O2S/c1-3-9-19(12-14-7-8-14)22(20,21)16-6-4-5-15-10-13(2)11-18-17(15)16/h4-6,10-11,14H,3,7-9,12H2,1-2H3. The van der Waals surface area contributed by atoms with Gasteiger partial charge in [0.25, 0.3) is 0 Å². The van der Waals surface area contributed by atoms with Crippen molar-refractivity contribution in [3.05, 3.63) is 36.0 Å². The van der Waals surface area contributed by atoms with Crippen molar-refractivity contribution in [2.24, 2.45) is 5.92 Å². The molecule has 1 saturated carbocycles. The van der Waals surface area contributed by atoms with E-state index in [1.165, 1.54) is 0 Å². The minimum absolute atomic E-state index is 0.333. The zero-order valence-corrected chi connectivity index (χ0v) is 13.9. The van der Waals surface area contributed by atoms with Crippen LogP contribution in [0.5, 0.6) is 0 Å². The van der Waals surface area contributed by atoms with E-state index in [9.17, 15) is 8.42 Å². The lowest BCUT2D eigenvalue weighted by Crippen LogP contribution is -2.33. The third-order valence-electron chi connectivity index (χ3n) is 4.06. The average molecular weight is 318 g/mol. The fourth-order valence-corrected chi connectivity index (χ4v) is 4.51. The second-order valence-corrected chi connectivity index (χ2v) is 8.05. The van der Waals surface area contributed by atoms with E-state index in [4.69, 9.17) is 0 Å². The molecule has 0 unspecified atom stereocenters. The molecule has 2 aromatic rings. The van der Waals surface area contributed by atoms with Crippen LogP contribution in [0.3, 0.4) is 0 Å². The van der Waals surface area contributed by atoms with Crippen molar-refractivity contribution < 1.29 is 8.42 Å². The summed E-state index contributed by atoms with van der Waals surface area (Å²) in [6.07, 6.45) is 4.83. The molecule has 1 aromatic heterocycles. The molecule has 1 aliphatic carbocycles. The smallest absolute Gasteiger partial charge is 0.245 e. The zero-order valence-electron chi connectivity index (χ0n) is 13.1. The molecule has 3 rings (SSSR count). The van der Waals surface area contributed by atoms with Crippen molar-refractivity contribution in [3.63, 3.8) is 0 Å². The first-order valence-corrected chi connectivity index (χ1v) is 9.32. The molecule has 118 valence electrons. The van der Waals surface area contributed by atoms with Crippen LogP contribution in [0.1, 0.15) is 31.7 Å². The quantitative estimate of drug-likeness (QED) is 0.820. The molecule has 0 N–H and O–H groups in total. The monoisotopic (exact) mass is 318 g/mol. The lowest BCUT2D eigenvalue weighted by molar-refractivity contribution is 0.396. The zero-order chi connectivity index (χ0) is 15.7. The van der Waals surface area contributed by atoms with E-state index >= 15 is 0 Å². The Labute approximate surface area is 132 Å². The van der Waals surface area contributed by atoms with Crippen molar-refractivity contribution in [1.29, 1.82) is 0 Å². The maximum atomic E-state index is 13.1. The minimum atomic E-state index is -3.49. The van der Waals surface area contributed by atoms with E-state index in [0.29, 0.717) is 29.4 Å². The van der Waals surface area contributed by atoms with Gasteiger partial charge in [-0.2, -0.15) is 4.31 Å². The number of para-hydroxylation sites is 1. The van der Waals surface area contributed by atoms with Gasteiger partial charge in [0.1, 0.15) is 4.90 Å². The number of hydrogen-bond acceptors (Lipinski definition) is 3. The van der Waals surface area contributed by atoms with Crippen molar-refractivity contribution in [1.82, 2.24) is 9.29 Å². The minimum Gasteiger partial charge on any atom is -0.255 e. The van der Waals surface area contributed by atoms with Gasteiger partial charge in [-0.25, -0.2) is 8.42 Å². The van der Waals surface area contributed by atoms with Gasteiger partial charge in [0.15, 0.2) is 0 Å². The first-order valence-electron chi connectivity index (χ1n) is 7.88. The molecule has 0 bridgehead atoms. The normalized spacial score (nSPS) is 15.6. The van der Waals surface area contributed by atoms with Crippen LogP contribution in [-0.4, -0.2) is 30.8 Å². The summed E-state index contributed by atoms with van der Waals surface area (Å²) >= 11 is 0. The fraction of sp³-hybridized carbons (Fsp3) is 0.471. The molecule has 1 aliphatic rings. The number of nitrogens with zero attached hydrogens (tertiary/aromatic N) is 2. The molecule has 1 aromatic carbocycles. The number of hydrogen-bond donors (Lipinski definition) is 0. The Morgan fingerprint density at radius 1 is 1.32 bits per heavy atom. The highest BCUT2D eigenvalue weighted by Crippen LogP contribution is 2.32. The molecular weight excluding hydrogens is 296 g/mol. The second-order valence-electron chi connectivity index (χ2n) is 6.15. The van der Waals surface area contributed by atoms with Gasteiger partial charge in [-0.1, -0.05) is 19.1 Å². The molecule has 1 fully saturated rings. The fourth-order valence-electron chi connectivity index (χ4n) is 2.74. The van der Waals surface area contributed by atoms with Gasteiger partial charge in [0.2, 0.25) is 10.0 Å². The maximum Gasteiger partial charge on any atom is 0.245 e. The Morgan fingerprint density at radius 3 is 2.77 bits per heavy atom. The molecule has 0 atom stereocenters. The summed E-state index contributed by atoms with van der Waals surface area (Å²) in [5, 5.41) is 0.879. The van der Waals surface area contributed by atoms with Crippen LogP contribution in [-0.2, 0) is 10.0 Å². The van der Waals surface area contributed by atoms with Crippen LogP contribution in [0.2, 0.25) is 0 Å². The van der Waals surface area contributed by atoms with Gasteiger partial charge in [-0.05, 0) is 49.8 Å². The molecule has 0 saturated heterocycles.